The minimum atomic E-state index is -0.511. The summed E-state index contributed by atoms with van der Waals surface area (Å²) in [5, 5.41) is 8.72. The average molecular weight is 366 g/mol. The lowest BCUT2D eigenvalue weighted by atomic mass is 9.79. The Morgan fingerprint density at radius 1 is 1.32 bits per heavy atom. The van der Waals surface area contributed by atoms with Crippen LogP contribution in [0.1, 0.15) is 18.5 Å². The summed E-state index contributed by atoms with van der Waals surface area (Å²) < 4.78 is 5.38. The van der Waals surface area contributed by atoms with E-state index < -0.39 is 5.41 Å². The van der Waals surface area contributed by atoms with Gasteiger partial charge in [-0.15, -0.1) is 12.4 Å². The molecular weight excluding hydrogens is 342 g/mol. The number of benzene rings is 1. The second kappa shape index (κ2) is 8.42. The van der Waals surface area contributed by atoms with Crippen LogP contribution in [-0.4, -0.2) is 52.6 Å². The van der Waals surface area contributed by atoms with E-state index in [1.165, 1.54) is 0 Å². The van der Waals surface area contributed by atoms with Gasteiger partial charge < -0.3 is 15.4 Å². The topological polar surface area (TPSA) is 86.3 Å². The number of halogens is 1. The summed E-state index contributed by atoms with van der Waals surface area (Å²) in [5.74, 6) is 0.0579. The molecule has 2 N–H and O–H groups in total. The van der Waals surface area contributed by atoms with Crippen LogP contribution in [0.25, 0.3) is 5.69 Å². The Labute approximate surface area is 153 Å². The van der Waals surface area contributed by atoms with E-state index in [4.69, 9.17) is 10.5 Å². The molecule has 0 radical (unpaired) electrons. The van der Waals surface area contributed by atoms with E-state index in [0.717, 1.165) is 11.4 Å². The first kappa shape index (κ1) is 19.4. The predicted molar refractivity (Wildman–Crippen MR) is 96.6 cm³/mol. The second-order valence-corrected chi connectivity index (χ2v) is 6.22. The second-order valence-electron chi connectivity index (χ2n) is 6.22. The molecule has 0 bridgehead atoms. The summed E-state index contributed by atoms with van der Waals surface area (Å²) in [6, 6.07) is 9.68. The molecule has 0 aliphatic carbocycles. The third kappa shape index (κ3) is 4.18. The predicted octanol–water partition coefficient (Wildman–Crippen LogP) is 1.40. The first-order valence-corrected chi connectivity index (χ1v) is 8.15. The highest BCUT2D eigenvalue weighted by Gasteiger charge is 2.40. The van der Waals surface area contributed by atoms with Gasteiger partial charge in [-0.25, -0.2) is 0 Å². The SMILES string of the molecule is CN(Cc1cnn(-c2ccccc2)n1)C(=O)C1(CN)CCOCC1.Cl. The molecular formula is C17H24ClN5O2. The maximum absolute atomic E-state index is 12.9. The van der Waals surface area contributed by atoms with Crippen molar-refractivity contribution in [3.05, 3.63) is 42.2 Å². The smallest absolute Gasteiger partial charge is 0.230 e. The lowest BCUT2D eigenvalue weighted by Crippen LogP contribution is -2.49. The lowest BCUT2D eigenvalue weighted by molar-refractivity contribution is -0.146. The van der Waals surface area contributed by atoms with Crippen molar-refractivity contribution < 1.29 is 9.53 Å². The first-order chi connectivity index (χ1) is 11.6. The fourth-order valence-corrected chi connectivity index (χ4v) is 3.04. The summed E-state index contributed by atoms with van der Waals surface area (Å²) in [6.45, 7) is 1.92. The largest absolute Gasteiger partial charge is 0.381 e. The van der Waals surface area contributed by atoms with E-state index in [-0.39, 0.29) is 18.3 Å². The Hall–Kier alpha value is -1.96. The number of carbonyl (C=O) groups excluding carboxylic acids is 1. The molecule has 1 amide bonds. The van der Waals surface area contributed by atoms with Gasteiger partial charge in [0, 0.05) is 26.8 Å². The van der Waals surface area contributed by atoms with Crippen molar-refractivity contribution in [1.82, 2.24) is 19.9 Å². The third-order valence-corrected chi connectivity index (χ3v) is 4.57. The van der Waals surface area contributed by atoms with Crippen molar-refractivity contribution in [3.8, 4) is 5.69 Å². The highest BCUT2D eigenvalue weighted by atomic mass is 35.5. The number of amides is 1. The van der Waals surface area contributed by atoms with Gasteiger partial charge in [-0.2, -0.15) is 15.0 Å². The molecule has 1 aliphatic rings. The van der Waals surface area contributed by atoms with Crippen LogP contribution in [-0.2, 0) is 16.1 Å². The summed E-state index contributed by atoms with van der Waals surface area (Å²) in [7, 11) is 1.79. The summed E-state index contributed by atoms with van der Waals surface area (Å²) in [6.07, 6.45) is 3.03. The molecule has 1 saturated heterocycles. The fourth-order valence-electron chi connectivity index (χ4n) is 3.04. The zero-order valence-electron chi connectivity index (χ0n) is 14.3. The summed E-state index contributed by atoms with van der Waals surface area (Å²) in [4.78, 5) is 16.1. The van der Waals surface area contributed by atoms with Gasteiger partial charge >= 0.3 is 0 Å². The van der Waals surface area contributed by atoms with Gasteiger partial charge in [-0.05, 0) is 25.0 Å². The van der Waals surface area contributed by atoms with Crippen LogP contribution >= 0.6 is 12.4 Å². The molecule has 25 heavy (non-hydrogen) atoms. The van der Waals surface area contributed by atoms with E-state index >= 15 is 0 Å². The van der Waals surface area contributed by atoms with Gasteiger partial charge in [0.25, 0.3) is 0 Å². The van der Waals surface area contributed by atoms with Crippen LogP contribution in [0.5, 0.6) is 0 Å². The van der Waals surface area contributed by atoms with Crippen LogP contribution in [0.15, 0.2) is 36.5 Å². The molecule has 1 aromatic carbocycles. The quantitative estimate of drug-likeness (QED) is 0.865. The van der Waals surface area contributed by atoms with Gasteiger partial charge in [0.15, 0.2) is 0 Å². The number of para-hydroxylation sites is 1. The van der Waals surface area contributed by atoms with Crippen molar-refractivity contribution in [1.29, 1.82) is 0 Å². The van der Waals surface area contributed by atoms with Crippen LogP contribution in [0.3, 0.4) is 0 Å². The number of nitrogens with two attached hydrogens (primary N) is 1. The van der Waals surface area contributed by atoms with Crippen molar-refractivity contribution in [2.45, 2.75) is 19.4 Å². The molecule has 2 heterocycles. The van der Waals surface area contributed by atoms with Crippen LogP contribution in [0.4, 0.5) is 0 Å². The fraction of sp³-hybridized carbons (Fsp3) is 0.471. The molecule has 1 aromatic heterocycles. The Bertz CT molecular complexity index is 685. The van der Waals surface area contributed by atoms with E-state index in [1.54, 1.807) is 22.9 Å². The Morgan fingerprint density at radius 2 is 2.00 bits per heavy atom. The summed E-state index contributed by atoms with van der Waals surface area (Å²) >= 11 is 0. The van der Waals surface area contributed by atoms with Crippen LogP contribution in [0, 0.1) is 5.41 Å². The first-order valence-electron chi connectivity index (χ1n) is 8.15. The average Bonchev–Trinajstić information content (AvgIpc) is 3.11. The molecule has 0 spiro atoms. The minimum Gasteiger partial charge on any atom is -0.381 e. The van der Waals surface area contributed by atoms with Crippen molar-refractivity contribution in [2.75, 3.05) is 26.8 Å². The van der Waals surface area contributed by atoms with E-state index in [2.05, 4.69) is 10.2 Å². The number of hydrogen-bond donors (Lipinski definition) is 1. The normalized spacial score (nSPS) is 16.1. The molecule has 0 unspecified atom stereocenters. The van der Waals surface area contributed by atoms with Gasteiger partial charge in [0.05, 0.1) is 23.8 Å². The number of carbonyl (C=O) groups is 1. The number of aromatic nitrogens is 3. The Kier molecular flexibility index (Phi) is 6.52. The molecule has 7 nitrogen and oxygen atoms in total. The minimum absolute atomic E-state index is 0. The molecule has 3 rings (SSSR count). The molecule has 2 aromatic rings. The Morgan fingerprint density at radius 3 is 2.64 bits per heavy atom. The lowest BCUT2D eigenvalue weighted by Gasteiger charge is -2.37. The van der Waals surface area contributed by atoms with E-state index in [0.29, 0.717) is 39.1 Å². The molecule has 1 aliphatic heterocycles. The molecule has 1 fully saturated rings. The van der Waals surface area contributed by atoms with Crippen LogP contribution < -0.4 is 5.73 Å². The van der Waals surface area contributed by atoms with Crippen molar-refractivity contribution in [2.24, 2.45) is 11.1 Å². The van der Waals surface area contributed by atoms with Gasteiger partial charge in [0.1, 0.15) is 5.69 Å². The Balaban J connectivity index is 0.00000225. The van der Waals surface area contributed by atoms with Crippen molar-refractivity contribution >= 4 is 18.3 Å². The van der Waals surface area contributed by atoms with Gasteiger partial charge in [-0.1, -0.05) is 18.2 Å². The molecule has 136 valence electrons. The number of hydrogen-bond acceptors (Lipinski definition) is 5. The molecule has 0 saturated carbocycles. The highest BCUT2D eigenvalue weighted by molar-refractivity contribution is 5.85. The van der Waals surface area contributed by atoms with Gasteiger partial charge in [-0.3, -0.25) is 4.79 Å². The van der Waals surface area contributed by atoms with Gasteiger partial charge in [0.2, 0.25) is 5.91 Å². The van der Waals surface area contributed by atoms with Crippen molar-refractivity contribution in [3.63, 3.8) is 0 Å². The van der Waals surface area contributed by atoms with E-state index in [9.17, 15) is 4.79 Å². The standard InChI is InChI=1S/C17H23N5O2.ClH/c1-21(16(23)17(13-18)7-9-24-10-8-17)12-14-11-19-22(20-14)15-5-3-2-4-6-15;/h2-6,11H,7-10,12-13,18H2,1H3;1H. The van der Waals surface area contributed by atoms with E-state index in [1.807, 2.05) is 30.3 Å². The molecule has 8 heteroatoms. The number of ether oxygens (including phenoxy) is 1. The maximum atomic E-state index is 12.9. The molecule has 0 atom stereocenters. The maximum Gasteiger partial charge on any atom is 0.230 e. The third-order valence-electron chi connectivity index (χ3n) is 4.57. The summed E-state index contributed by atoms with van der Waals surface area (Å²) in [5.41, 5.74) is 7.04. The van der Waals surface area contributed by atoms with Crippen LogP contribution in [0.2, 0.25) is 0 Å². The monoisotopic (exact) mass is 365 g/mol. The highest BCUT2D eigenvalue weighted by Crippen LogP contribution is 2.31. The zero-order valence-corrected chi connectivity index (χ0v) is 15.1. The zero-order chi connectivity index (χ0) is 17.0. The number of nitrogens with zero attached hydrogens (tertiary/aromatic N) is 4. The number of rotatable bonds is 5.